The summed E-state index contributed by atoms with van der Waals surface area (Å²) in [5.41, 5.74) is 7.31. The van der Waals surface area contributed by atoms with Gasteiger partial charge in [-0.2, -0.15) is 0 Å². The summed E-state index contributed by atoms with van der Waals surface area (Å²) in [6.07, 6.45) is 0. The standard InChI is InChI=1S/C52H31NO/c1-2-11-32(12-3-1)33-27-29-37(30-28-33)53(45-23-10-21-43-38-16-4-5-24-47(38)54-52(43)45)46-31-36-15-8-19-40-39-17-6-13-34-25-26-35-14-7-18-41(49(35)48(34)39)42-20-9-22-44(46)51(42)50(36)40/h1-31H. The third-order valence-corrected chi connectivity index (χ3v) is 11.5. The molecule has 0 radical (unpaired) electrons. The summed E-state index contributed by atoms with van der Waals surface area (Å²) in [4.78, 5) is 2.42. The van der Waals surface area contributed by atoms with Gasteiger partial charge in [0.15, 0.2) is 5.58 Å². The fourth-order valence-corrected chi connectivity index (χ4v) is 9.22. The van der Waals surface area contributed by atoms with E-state index in [1.165, 1.54) is 75.8 Å². The second-order valence-corrected chi connectivity index (χ2v) is 14.4. The Balaban J connectivity index is 1.25. The lowest BCUT2D eigenvalue weighted by Gasteiger charge is -2.28. The zero-order valence-corrected chi connectivity index (χ0v) is 29.3. The third kappa shape index (κ3) is 4.11. The minimum Gasteiger partial charge on any atom is -0.454 e. The number of benzene rings is 10. The SMILES string of the molecule is c1ccc(-c2ccc(N(c3cc4cccc5c6cccc7ccc8cccc(c9cccc3c9c45)c8c76)c3cccc4c3oc3ccccc34)cc2)cc1. The van der Waals surface area contributed by atoms with Crippen LogP contribution in [-0.4, -0.2) is 0 Å². The van der Waals surface area contributed by atoms with E-state index < -0.39 is 0 Å². The summed E-state index contributed by atoms with van der Waals surface area (Å²) in [6, 6.07) is 68.6. The Morgan fingerprint density at radius 2 is 0.833 bits per heavy atom. The highest BCUT2D eigenvalue weighted by Gasteiger charge is 2.24. The molecule has 2 nitrogen and oxygen atoms in total. The summed E-state index contributed by atoms with van der Waals surface area (Å²) in [5, 5.41) is 17.4. The lowest BCUT2D eigenvalue weighted by atomic mass is 9.87. The molecule has 0 amide bonds. The van der Waals surface area contributed by atoms with Gasteiger partial charge >= 0.3 is 0 Å². The lowest BCUT2D eigenvalue weighted by molar-refractivity contribution is 0.669. The number of rotatable bonds is 4. The molecule has 0 saturated carbocycles. The van der Waals surface area contributed by atoms with E-state index in [4.69, 9.17) is 4.42 Å². The van der Waals surface area contributed by atoms with Gasteiger partial charge in [-0.15, -0.1) is 0 Å². The van der Waals surface area contributed by atoms with Gasteiger partial charge in [0.05, 0.1) is 11.4 Å². The zero-order valence-electron chi connectivity index (χ0n) is 29.3. The van der Waals surface area contributed by atoms with E-state index in [2.05, 4.69) is 187 Å². The molecule has 0 bridgehead atoms. The maximum Gasteiger partial charge on any atom is 0.159 e. The molecule has 0 atom stereocenters. The Morgan fingerprint density at radius 3 is 1.56 bits per heavy atom. The number of anilines is 3. The van der Waals surface area contributed by atoms with Gasteiger partial charge in [-0.3, -0.25) is 0 Å². The highest BCUT2D eigenvalue weighted by Crippen LogP contribution is 2.49. The molecule has 2 heteroatoms. The molecule has 0 aliphatic carbocycles. The molecular formula is C52H31NO. The van der Waals surface area contributed by atoms with E-state index in [1.54, 1.807) is 0 Å². The van der Waals surface area contributed by atoms with E-state index in [0.717, 1.165) is 39.0 Å². The molecule has 0 N–H and O–H groups in total. The van der Waals surface area contributed by atoms with Crippen molar-refractivity contribution in [1.82, 2.24) is 0 Å². The van der Waals surface area contributed by atoms with Gasteiger partial charge < -0.3 is 9.32 Å². The molecule has 0 spiro atoms. The topological polar surface area (TPSA) is 16.4 Å². The predicted molar refractivity (Wildman–Crippen MR) is 230 cm³/mol. The minimum atomic E-state index is 0.871. The van der Waals surface area contributed by atoms with E-state index in [0.29, 0.717) is 0 Å². The van der Waals surface area contributed by atoms with Crippen LogP contribution in [0.15, 0.2) is 192 Å². The van der Waals surface area contributed by atoms with Crippen molar-refractivity contribution < 1.29 is 4.42 Å². The van der Waals surface area contributed by atoms with Gasteiger partial charge in [-0.25, -0.2) is 0 Å². The quantitative estimate of drug-likeness (QED) is 0.172. The van der Waals surface area contributed by atoms with Gasteiger partial charge in [0, 0.05) is 27.2 Å². The maximum atomic E-state index is 6.76. The number of nitrogens with zero attached hydrogens (tertiary/aromatic N) is 1. The number of hydrogen-bond acceptors (Lipinski definition) is 2. The van der Waals surface area contributed by atoms with Crippen molar-refractivity contribution in [1.29, 1.82) is 0 Å². The monoisotopic (exact) mass is 685 g/mol. The first-order valence-corrected chi connectivity index (χ1v) is 18.6. The van der Waals surface area contributed by atoms with Crippen LogP contribution in [0.4, 0.5) is 17.1 Å². The van der Waals surface area contributed by atoms with Crippen LogP contribution in [0.5, 0.6) is 0 Å². The summed E-state index contributed by atoms with van der Waals surface area (Å²) in [6.45, 7) is 0. The van der Waals surface area contributed by atoms with Crippen molar-refractivity contribution in [3.05, 3.63) is 188 Å². The van der Waals surface area contributed by atoms with Crippen molar-refractivity contribution in [2.75, 3.05) is 4.90 Å². The van der Waals surface area contributed by atoms with Crippen LogP contribution in [0.2, 0.25) is 0 Å². The average molecular weight is 686 g/mol. The number of fused-ring (bicyclic) bond motifs is 5. The molecule has 54 heavy (non-hydrogen) atoms. The van der Waals surface area contributed by atoms with E-state index in [-0.39, 0.29) is 0 Å². The van der Waals surface area contributed by atoms with Crippen LogP contribution >= 0.6 is 0 Å². The fraction of sp³-hybridized carbons (Fsp3) is 0. The normalized spacial score (nSPS) is 12.1. The van der Waals surface area contributed by atoms with E-state index in [9.17, 15) is 0 Å². The summed E-state index contributed by atoms with van der Waals surface area (Å²) in [7, 11) is 0. The van der Waals surface area contributed by atoms with Crippen molar-refractivity contribution in [2.24, 2.45) is 0 Å². The second-order valence-electron chi connectivity index (χ2n) is 14.4. The van der Waals surface area contributed by atoms with Gasteiger partial charge in [-0.05, 0) is 95.3 Å². The van der Waals surface area contributed by atoms with E-state index >= 15 is 0 Å². The van der Waals surface area contributed by atoms with Crippen molar-refractivity contribution >= 4 is 104 Å². The average Bonchev–Trinajstić information content (AvgIpc) is 3.62. The van der Waals surface area contributed by atoms with Crippen molar-refractivity contribution in [2.45, 2.75) is 0 Å². The van der Waals surface area contributed by atoms with Crippen LogP contribution in [0.25, 0.3) is 97.7 Å². The summed E-state index contributed by atoms with van der Waals surface area (Å²) >= 11 is 0. The molecule has 11 aromatic carbocycles. The van der Waals surface area contributed by atoms with Crippen LogP contribution in [-0.2, 0) is 0 Å². The first-order chi connectivity index (χ1) is 26.8. The molecule has 12 aromatic rings. The van der Waals surface area contributed by atoms with Gasteiger partial charge in [0.1, 0.15) is 5.58 Å². The Kier molecular flexibility index (Phi) is 6.09. The Labute approximate surface area is 311 Å². The Bertz CT molecular complexity index is 3430. The van der Waals surface area contributed by atoms with Gasteiger partial charge in [0.2, 0.25) is 0 Å². The highest BCUT2D eigenvalue weighted by atomic mass is 16.3. The molecular weight excluding hydrogens is 655 g/mol. The maximum absolute atomic E-state index is 6.76. The molecule has 12 rings (SSSR count). The van der Waals surface area contributed by atoms with Crippen LogP contribution in [0.1, 0.15) is 0 Å². The number of hydrogen-bond donors (Lipinski definition) is 0. The van der Waals surface area contributed by atoms with Crippen molar-refractivity contribution in [3.63, 3.8) is 0 Å². The van der Waals surface area contributed by atoms with E-state index in [1.807, 2.05) is 6.07 Å². The predicted octanol–water partition coefficient (Wildman–Crippen LogP) is 15.1. The van der Waals surface area contributed by atoms with Crippen LogP contribution in [0.3, 0.4) is 0 Å². The first kappa shape index (κ1) is 29.4. The van der Waals surface area contributed by atoms with Crippen LogP contribution < -0.4 is 4.90 Å². The highest BCUT2D eigenvalue weighted by molar-refractivity contribution is 6.38. The molecule has 250 valence electrons. The molecule has 0 unspecified atom stereocenters. The number of furan rings is 1. The largest absolute Gasteiger partial charge is 0.454 e. The van der Waals surface area contributed by atoms with Gasteiger partial charge in [-0.1, -0.05) is 158 Å². The fourth-order valence-electron chi connectivity index (χ4n) is 9.22. The Morgan fingerprint density at radius 1 is 0.315 bits per heavy atom. The zero-order chi connectivity index (χ0) is 35.3. The second kappa shape index (κ2) is 11.2. The molecule has 0 fully saturated rings. The summed E-state index contributed by atoms with van der Waals surface area (Å²) < 4.78 is 6.76. The lowest BCUT2D eigenvalue weighted by Crippen LogP contribution is -2.11. The minimum absolute atomic E-state index is 0.871. The van der Waals surface area contributed by atoms with Crippen molar-refractivity contribution in [3.8, 4) is 11.1 Å². The van der Waals surface area contributed by atoms with Crippen LogP contribution in [0, 0.1) is 0 Å². The molecule has 0 aliphatic heterocycles. The Hall–Kier alpha value is -7.16. The molecule has 1 aromatic heterocycles. The molecule has 0 aliphatic rings. The van der Waals surface area contributed by atoms with Gasteiger partial charge in [0.25, 0.3) is 0 Å². The summed E-state index contributed by atoms with van der Waals surface area (Å²) in [5.74, 6) is 0. The molecule has 0 saturated heterocycles. The molecule has 1 heterocycles. The third-order valence-electron chi connectivity index (χ3n) is 11.5. The smallest absolute Gasteiger partial charge is 0.159 e. The number of para-hydroxylation sites is 2. The first-order valence-electron chi connectivity index (χ1n) is 18.6.